The normalized spacial score (nSPS) is 18.5. The Morgan fingerprint density at radius 3 is 2.65 bits per heavy atom. The summed E-state index contributed by atoms with van der Waals surface area (Å²) in [6, 6.07) is 8.34. The third-order valence-electron chi connectivity index (χ3n) is 6.07. The van der Waals surface area contributed by atoms with Gasteiger partial charge in [-0.15, -0.1) is 0 Å². The zero-order chi connectivity index (χ0) is 22.2. The molecule has 1 fully saturated rings. The molecule has 2 N–H and O–H groups in total. The molecule has 164 valence electrons. The van der Waals surface area contributed by atoms with Crippen molar-refractivity contribution in [1.29, 1.82) is 0 Å². The molecule has 2 aliphatic rings. The molecule has 0 radical (unpaired) electrons. The number of hydrogen-bond acceptors (Lipinski definition) is 6. The fourth-order valence-electron chi connectivity index (χ4n) is 4.57. The number of fused-ring (bicyclic) bond motifs is 1. The molecule has 0 spiro atoms. The Morgan fingerprint density at radius 2 is 1.94 bits per heavy atom. The van der Waals surface area contributed by atoms with Crippen LogP contribution in [0.2, 0.25) is 0 Å². The van der Waals surface area contributed by atoms with Crippen molar-refractivity contribution in [2.24, 2.45) is 5.41 Å². The van der Waals surface area contributed by atoms with E-state index in [1.807, 2.05) is 52.1 Å². The number of nitrogens with zero attached hydrogens (tertiary/aromatic N) is 4. The van der Waals surface area contributed by atoms with Crippen molar-refractivity contribution in [3.8, 4) is 0 Å². The van der Waals surface area contributed by atoms with Crippen molar-refractivity contribution in [3.05, 3.63) is 42.7 Å². The van der Waals surface area contributed by atoms with Crippen LogP contribution in [0.15, 0.2) is 42.7 Å². The van der Waals surface area contributed by atoms with Crippen LogP contribution in [0.5, 0.6) is 0 Å². The maximum atomic E-state index is 13.1. The summed E-state index contributed by atoms with van der Waals surface area (Å²) in [5.74, 6) is 1.45. The second-order valence-corrected chi connectivity index (χ2v) is 9.33. The van der Waals surface area contributed by atoms with Crippen LogP contribution in [0.3, 0.4) is 0 Å². The summed E-state index contributed by atoms with van der Waals surface area (Å²) in [7, 11) is 1.82. The highest BCUT2D eigenvalue weighted by Gasteiger charge is 2.41. The molecule has 1 aliphatic carbocycles. The molecular formula is C24H32N6O. The maximum Gasteiger partial charge on any atom is 0.234 e. The van der Waals surface area contributed by atoms with Gasteiger partial charge >= 0.3 is 0 Å². The minimum absolute atomic E-state index is 0.0946. The molecule has 4 rings (SSSR count). The van der Waals surface area contributed by atoms with Gasteiger partial charge in [-0.25, -0.2) is 4.98 Å². The predicted molar refractivity (Wildman–Crippen MR) is 127 cm³/mol. The van der Waals surface area contributed by atoms with Gasteiger partial charge in [0.1, 0.15) is 5.69 Å². The Balaban J connectivity index is 1.70. The van der Waals surface area contributed by atoms with Gasteiger partial charge in [-0.05, 0) is 51.8 Å². The van der Waals surface area contributed by atoms with Crippen molar-refractivity contribution in [2.45, 2.75) is 52.5 Å². The maximum absolute atomic E-state index is 13.1. The first kappa shape index (κ1) is 21.2. The molecule has 0 unspecified atom stereocenters. The standard InChI is InChI=1S/C24H32N6O/c1-16(2)26-17-9-8-10-18(13-17)27-23-25-14-20-21(28-23)30(19-11-6-7-12-19)15-24(3,4)22(31)29(20)5/h8-10,13-14,19,26H,1,6-7,11-12,15H2,2-5H3,(H,25,27,28). The first-order valence-electron chi connectivity index (χ1n) is 11.0. The number of carbonyl (C=O) groups is 1. The Hall–Kier alpha value is -3.09. The lowest BCUT2D eigenvalue weighted by Crippen LogP contribution is -2.45. The molecule has 2 aromatic rings. The van der Waals surface area contributed by atoms with Crippen LogP contribution in [-0.2, 0) is 4.79 Å². The summed E-state index contributed by atoms with van der Waals surface area (Å²) in [5, 5.41) is 6.55. The molecule has 1 aromatic carbocycles. The molecule has 1 aliphatic heterocycles. The Kier molecular flexibility index (Phi) is 5.60. The number of aromatic nitrogens is 2. The van der Waals surface area contributed by atoms with Crippen molar-refractivity contribution >= 4 is 34.7 Å². The van der Waals surface area contributed by atoms with E-state index in [4.69, 9.17) is 4.98 Å². The number of anilines is 5. The molecule has 7 nitrogen and oxygen atoms in total. The van der Waals surface area contributed by atoms with Gasteiger partial charge in [0.15, 0.2) is 5.82 Å². The zero-order valence-electron chi connectivity index (χ0n) is 18.9. The predicted octanol–water partition coefficient (Wildman–Crippen LogP) is 4.92. The molecule has 0 bridgehead atoms. The number of benzene rings is 1. The summed E-state index contributed by atoms with van der Waals surface area (Å²) >= 11 is 0. The van der Waals surface area contributed by atoms with E-state index in [2.05, 4.69) is 27.1 Å². The lowest BCUT2D eigenvalue weighted by atomic mass is 9.91. The molecule has 1 amide bonds. The van der Waals surface area contributed by atoms with E-state index in [0.29, 0.717) is 18.5 Å². The topological polar surface area (TPSA) is 73.4 Å². The Labute approximate surface area is 184 Å². The van der Waals surface area contributed by atoms with Crippen LogP contribution < -0.4 is 20.4 Å². The monoisotopic (exact) mass is 420 g/mol. The van der Waals surface area contributed by atoms with Gasteiger partial charge in [0, 0.05) is 36.7 Å². The van der Waals surface area contributed by atoms with Gasteiger partial charge in [0.05, 0.1) is 11.6 Å². The molecule has 2 heterocycles. The number of allylic oxidation sites excluding steroid dienone is 1. The van der Waals surface area contributed by atoms with E-state index in [1.165, 1.54) is 12.8 Å². The van der Waals surface area contributed by atoms with Gasteiger partial charge < -0.3 is 20.4 Å². The second-order valence-electron chi connectivity index (χ2n) is 9.33. The van der Waals surface area contributed by atoms with Crippen LogP contribution in [0.1, 0.15) is 46.5 Å². The van der Waals surface area contributed by atoms with Gasteiger partial charge in [-0.2, -0.15) is 4.98 Å². The highest BCUT2D eigenvalue weighted by atomic mass is 16.2. The minimum atomic E-state index is -0.492. The average molecular weight is 421 g/mol. The molecule has 0 saturated heterocycles. The summed E-state index contributed by atoms with van der Waals surface area (Å²) in [6.45, 7) is 10.5. The summed E-state index contributed by atoms with van der Waals surface area (Å²) in [5.41, 5.74) is 2.99. The molecular weight excluding hydrogens is 388 g/mol. The lowest BCUT2D eigenvalue weighted by Gasteiger charge is -2.34. The second kappa shape index (κ2) is 8.21. The third-order valence-corrected chi connectivity index (χ3v) is 6.07. The highest BCUT2D eigenvalue weighted by molar-refractivity contribution is 6.00. The van der Waals surface area contributed by atoms with Crippen LogP contribution in [0.25, 0.3) is 0 Å². The lowest BCUT2D eigenvalue weighted by molar-refractivity contribution is -0.125. The van der Waals surface area contributed by atoms with Crippen molar-refractivity contribution in [3.63, 3.8) is 0 Å². The van der Waals surface area contributed by atoms with E-state index in [0.717, 1.165) is 41.4 Å². The summed E-state index contributed by atoms with van der Waals surface area (Å²) in [6.07, 6.45) is 6.48. The number of hydrogen-bond donors (Lipinski definition) is 2. The van der Waals surface area contributed by atoms with Crippen molar-refractivity contribution < 1.29 is 4.79 Å². The third kappa shape index (κ3) is 4.36. The number of carbonyl (C=O) groups excluding carboxylic acids is 1. The largest absolute Gasteiger partial charge is 0.360 e. The zero-order valence-corrected chi connectivity index (χ0v) is 18.9. The average Bonchev–Trinajstić information content (AvgIpc) is 3.23. The minimum Gasteiger partial charge on any atom is -0.360 e. The van der Waals surface area contributed by atoms with Crippen LogP contribution >= 0.6 is 0 Å². The number of rotatable bonds is 5. The Bertz CT molecular complexity index is 995. The molecule has 7 heteroatoms. The fraction of sp³-hybridized carbons (Fsp3) is 0.458. The highest BCUT2D eigenvalue weighted by Crippen LogP contribution is 2.40. The van der Waals surface area contributed by atoms with E-state index in [-0.39, 0.29) is 5.91 Å². The van der Waals surface area contributed by atoms with Crippen LogP contribution in [0.4, 0.5) is 28.8 Å². The van der Waals surface area contributed by atoms with Gasteiger partial charge in [0.25, 0.3) is 0 Å². The Morgan fingerprint density at radius 1 is 1.23 bits per heavy atom. The molecule has 31 heavy (non-hydrogen) atoms. The number of amides is 1. The van der Waals surface area contributed by atoms with E-state index >= 15 is 0 Å². The van der Waals surface area contributed by atoms with Gasteiger partial charge in [-0.1, -0.05) is 25.5 Å². The van der Waals surface area contributed by atoms with Crippen LogP contribution in [-0.4, -0.2) is 35.5 Å². The molecule has 0 atom stereocenters. The summed E-state index contributed by atoms with van der Waals surface area (Å²) < 4.78 is 0. The molecule has 1 aromatic heterocycles. The fourth-order valence-corrected chi connectivity index (χ4v) is 4.57. The first-order chi connectivity index (χ1) is 14.7. The van der Waals surface area contributed by atoms with E-state index in [9.17, 15) is 4.79 Å². The van der Waals surface area contributed by atoms with E-state index < -0.39 is 5.41 Å². The van der Waals surface area contributed by atoms with Crippen LogP contribution in [0, 0.1) is 5.41 Å². The van der Waals surface area contributed by atoms with Crippen molar-refractivity contribution in [1.82, 2.24) is 9.97 Å². The van der Waals surface area contributed by atoms with Gasteiger partial charge in [-0.3, -0.25) is 4.79 Å². The molecule has 1 saturated carbocycles. The summed E-state index contributed by atoms with van der Waals surface area (Å²) in [4.78, 5) is 26.6. The number of nitrogens with one attached hydrogen (secondary N) is 2. The SMILES string of the molecule is C=C(C)Nc1cccc(Nc2ncc3c(n2)N(C2CCCC2)CC(C)(C)C(=O)N3C)c1. The van der Waals surface area contributed by atoms with E-state index in [1.54, 1.807) is 11.1 Å². The smallest absolute Gasteiger partial charge is 0.234 e. The van der Waals surface area contributed by atoms with Gasteiger partial charge in [0.2, 0.25) is 11.9 Å². The first-order valence-corrected chi connectivity index (χ1v) is 11.0. The quantitative estimate of drug-likeness (QED) is 0.715. The van der Waals surface area contributed by atoms with Crippen molar-refractivity contribution in [2.75, 3.05) is 34.0 Å².